The molecule has 11 heavy (non-hydrogen) atoms. The third-order valence-corrected chi connectivity index (χ3v) is 2.02. The van der Waals surface area contributed by atoms with E-state index in [0.717, 1.165) is 12.8 Å². The third kappa shape index (κ3) is 3.21. The van der Waals surface area contributed by atoms with Crippen LogP contribution >= 0.6 is 0 Å². The second-order valence-electron chi connectivity index (χ2n) is 3.00. The molecule has 1 rings (SSSR count). The van der Waals surface area contributed by atoms with Crippen LogP contribution < -0.4 is 0 Å². The molecule has 0 spiro atoms. The van der Waals surface area contributed by atoms with Gasteiger partial charge >= 0.3 is 5.97 Å². The van der Waals surface area contributed by atoms with Gasteiger partial charge in [-0.3, -0.25) is 4.79 Å². The molecular formula is C9H14O2. The SMILES string of the molecule is O=C(O)CCCC1=CCCC1. The molecular weight excluding hydrogens is 140 g/mol. The first kappa shape index (κ1) is 8.31. The summed E-state index contributed by atoms with van der Waals surface area (Å²) in [6.07, 6.45) is 8.02. The molecule has 0 saturated carbocycles. The molecule has 0 unspecified atom stereocenters. The normalized spacial score (nSPS) is 16.5. The summed E-state index contributed by atoms with van der Waals surface area (Å²) in [5, 5.41) is 8.37. The van der Waals surface area contributed by atoms with E-state index in [0.29, 0.717) is 6.42 Å². The Morgan fingerprint density at radius 2 is 2.45 bits per heavy atom. The van der Waals surface area contributed by atoms with Crippen molar-refractivity contribution in [2.45, 2.75) is 38.5 Å². The highest BCUT2D eigenvalue weighted by molar-refractivity contribution is 5.66. The first-order chi connectivity index (χ1) is 5.29. The number of rotatable bonds is 4. The Kier molecular flexibility index (Phi) is 3.14. The summed E-state index contributed by atoms with van der Waals surface area (Å²) < 4.78 is 0. The second kappa shape index (κ2) is 4.16. The lowest BCUT2D eigenvalue weighted by atomic mass is 10.1. The summed E-state index contributed by atoms with van der Waals surface area (Å²) >= 11 is 0. The summed E-state index contributed by atoms with van der Waals surface area (Å²) in [6.45, 7) is 0. The van der Waals surface area contributed by atoms with Gasteiger partial charge in [0.2, 0.25) is 0 Å². The van der Waals surface area contributed by atoms with Crippen LogP contribution in [-0.2, 0) is 4.79 Å². The van der Waals surface area contributed by atoms with Crippen LogP contribution in [0.15, 0.2) is 11.6 Å². The van der Waals surface area contributed by atoms with Crippen molar-refractivity contribution in [1.82, 2.24) is 0 Å². The monoisotopic (exact) mass is 154 g/mol. The molecule has 0 heterocycles. The number of allylic oxidation sites excluding steroid dienone is 2. The molecule has 1 aliphatic carbocycles. The molecule has 1 N–H and O–H groups in total. The lowest BCUT2D eigenvalue weighted by Crippen LogP contribution is -1.93. The van der Waals surface area contributed by atoms with E-state index < -0.39 is 5.97 Å². The first-order valence-corrected chi connectivity index (χ1v) is 4.19. The number of carbonyl (C=O) groups is 1. The molecule has 0 aromatic carbocycles. The molecule has 1 aliphatic rings. The van der Waals surface area contributed by atoms with Crippen LogP contribution in [-0.4, -0.2) is 11.1 Å². The van der Waals surface area contributed by atoms with Crippen molar-refractivity contribution in [3.05, 3.63) is 11.6 Å². The van der Waals surface area contributed by atoms with Crippen molar-refractivity contribution in [2.24, 2.45) is 0 Å². The number of carboxylic acid groups (broad SMARTS) is 1. The molecule has 2 heteroatoms. The minimum Gasteiger partial charge on any atom is -0.481 e. The van der Waals surface area contributed by atoms with Crippen LogP contribution in [0.5, 0.6) is 0 Å². The molecule has 0 aliphatic heterocycles. The molecule has 0 aromatic heterocycles. The number of aliphatic carboxylic acids is 1. The minimum absolute atomic E-state index is 0.317. The van der Waals surface area contributed by atoms with E-state index in [1.807, 2.05) is 0 Å². The maximum Gasteiger partial charge on any atom is 0.303 e. The van der Waals surface area contributed by atoms with E-state index >= 15 is 0 Å². The van der Waals surface area contributed by atoms with Crippen molar-refractivity contribution >= 4 is 5.97 Å². The summed E-state index contributed by atoms with van der Waals surface area (Å²) in [5.74, 6) is -0.677. The highest BCUT2D eigenvalue weighted by atomic mass is 16.4. The number of hydrogen-bond donors (Lipinski definition) is 1. The van der Waals surface area contributed by atoms with Gasteiger partial charge in [-0.05, 0) is 32.1 Å². The maximum atomic E-state index is 10.2. The van der Waals surface area contributed by atoms with Crippen molar-refractivity contribution in [3.8, 4) is 0 Å². The zero-order chi connectivity index (χ0) is 8.10. The zero-order valence-corrected chi connectivity index (χ0v) is 6.68. The van der Waals surface area contributed by atoms with Crippen LogP contribution in [0.1, 0.15) is 38.5 Å². The molecule has 0 bridgehead atoms. The Bertz CT molecular complexity index is 170. The van der Waals surface area contributed by atoms with Gasteiger partial charge in [-0.1, -0.05) is 11.6 Å². The number of hydrogen-bond acceptors (Lipinski definition) is 1. The van der Waals surface area contributed by atoms with Crippen molar-refractivity contribution in [3.63, 3.8) is 0 Å². The van der Waals surface area contributed by atoms with Gasteiger partial charge in [0.1, 0.15) is 0 Å². The predicted octanol–water partition coefficient (Wildman–Crippen LogP) is 2.35. The Morgan fingerprint density at radius 3 is 3.00 bits per heavy atom. The highest BCUT2D eigenvalue weighted by Crippen LogP contribution is 2.22. The van der Waals surface area contributed by atoms with Crippen LogP contribution in [0.25, 0.3) is 0 Å². The minimum atomic E-state index is -0.677. The van der Waals surface area contributed by atoms with Crippen LogP contribution in [0.2, 0.25) is 0 Å². The van der Waals surface area contributed by atoms with E-state index in [9.17, 15) is 4.79 Å². The Hall–Kier alpha value is -0.790. The van der Waals surface area contributed by atoms with Gasteiger partial charge in [-0.25, -0.2) is 0 Å². The Balaban J connectivity index is 2.07. The zero-order valence-electron chi connectivity index (χ0n) is 6.68. The maximum absolute atomic E-state index is 10.2. The lowest BCUT2D eigenvalue weighted by Gasteiger charge is -1.97. The van der Waals surface area contributed by atoms with Gasteiger partial charge in [0.15, 0.2) is 0 Å². The summed E-state index contributed by atoms with van der Waals surface area (Å²) in [5.41, 5.74) is 1.46. The molecule has 0 amide bonds. The lowest BCUT2D eigenvalue weighted by molar-refractivity contribution is -0.137. The van der Waals surface area contributed by atoms with Gasteiger partial charge in [0.25, 0.3) is 0 Å². The van der Waals surface area contributed by atoms with Gasteiger partial charge in [-0.2, -0.15) is 0 Å². The first-order valence-electron chi connectivity index (χ1n) is 4.19. The van der Waals surface area contributed by atoms with Gasteiger partial charge in [0.05, 0.1) is 0 Å². The largest absolute Gasteiger partial charge is 0.481 e. The van der Waals surface area contributed by atoms with Gasteiger partial charge in [-0.15, -0.1) is 0 Å². The smallest absolute Gasteiger partial charge is 0.303 e. The highest BCUT2D eigenvalue weighted by Gasteiger charge is 2.04. The van der Waals surface area contributed by atoms with E-state index in [-0.39, 0.29) is 0 Å². The fraction of sp³-hybridized carbons (Fsp3) is 0.667. The molecule has 62 valence electrons. The van der Waals surface area contributed by atoms with Crippen LogP contribution in [0, 0.1) is 0 Å². The topological polar surface area (TPSA) is 37.3 Å². The molecule has 0 atom stereocenters. The molecule has 0 aromatic rings. The molecule has 2 nitrogen and oxygen atoms in total. The fourth-order valence-corrected chi connectivity index (χ4v) is 1.43. The van der Waals surface area contributed by atoms with Gasteiger partial charge < -0.3 is 5.11 Å². The Labute approximate surface area is 66.9 Å². The summed E-state index contributed by atoms with van der Waals surface area (Å²) in [7, 11) is 0. The molecule has 0 radical (unpaired) electrons. The average Bonchev–Trinajstić information content (AvgIpc) is 2.39. The second-order valence-corrected chi connectivity index (χ2v) is 3.00. The standard InChI is InChI=1S/C9H14O2/c10-9(11)7-3-6-8-4-1-2-5-8/h4H,1-3,5-7H2,(H,10,11). The van der Waals surface area contributed by atoms with E-state index in [4.69, 9.17) is 5.11 Å². The summed E-state index contributed by atoms with van der Waals surface area (Å²) in [6, 6.07) is 0. The van der Waals surface area contributed by atoms with E-state index in [2.05, 4.69) is 6.08 Å². The average molecular weight is 154 g/mol. The van der Waals surface area contributed by atoms with Crippen molar-refractivity contribution in [1.29, 1.82) is 0 Å². The van der Waals surface area contributed by atoms with Crippen molar-refractivity contribution < 1.29 is 9.90 Å². The van der Waals surface area contributed by atoms with Crippen LogP contribution in [0.3, 0.4) is 0 Å². The molecule has 0 saturated heterocycles. The van der Waals surface area contributed by atoms with E-state index in [1.165, 1.54) is 24.8 Å². The number of carboxylic acids is 1. The third-order valence-electron chi connectivity index (χ3n) is 2.02. The van der Waals surface area contributed by atoms with Gasteiger partial charge in [0, 0.05) is 6.42 Å². The quantitative estimate of drug-likeness (QED) is 0.631. The summed E-state index contributed by atoms with van der Waals surface area (Å²) in [4.78, 5) is 10.2. The van der Waals surface area contributed by atoms with Crippen molar-refractivity contribution in [2.75, 3.05) is 0 Å². The fourth-order valence-electron chi connectivity index (χ4n) is 1.43. The predicted molar refractivity (Wildman–Crippen MR) is 43.4 cm³/mol. The Morgan fingerprint density at radius 1 is 1.64 bits per heavy atom. The van der Waals surface area contributed by atoms with E-state index in [1.54, 1.807) is 0 Å². The van der Waals surface area contributed by atoms with Crippen LogP contribution in [0.4, 0.5) is 0 Å². The molecule has 0 fully saturated rings.